The zero-order valence-electron chi connectivity index (χ0n) is 10.3. The minimum absolute atomic E-state index is 0.132. The monoisotopic (exact) mass is 232 g/mol. The van der Waals surface area contributed by atoms with E-state index in [1.807, 2.05) is 31.2 Å². The summed E-state index contributed by atoms with van der Waals surface area (Å²) in [4.78, 5) is 11.9. The molecule has 0 spiro atoms. The normalized spacial score (nSPS) is 19.9. The molecule has 1 saturated heterocycles. The van der Waals surface area contributed by atoms with E-state index in [9.17, 15) is 4.79 Å². The lowest BCUT2D eigenvalue weighted by Crippen LogP contribution is -2.46. The van der Waals surface area contributed by atoms with Crippen molar-refractivity contribution in [3.63, 3.8) is 0 Å². The van der Waals surface area contributed by atoms with Gasteiger partial charge in [-0.3, -0.25) is 4.79 Å². The first-order chi connectivity index (χ1) is 8.25. The molecule has 1 aromatic rings. The van der Waals surface area contributed by atoms with Crippen molar-refractivity contribution in [2.75, 3.05) is 13.1 Å². The van der Waals surface area contributed by atoms with Crippen molar-refractivity contribution in [1.82, 2.24) is 10.6 Å². The van der Waals surface area contributed by atoms with Gasteiger partial charge in [-0.05, 0) is 37.4 Å². The van der Waals surface area contributed by atoms with Crippen molar-refractivity contribution in [1.29, 1.82) is 0 Å². The highest BCUT2D eigenvalue weighted by Crippen LogP contribution is 2.08. The van der Waals surface area contributed by atoms with E-state index in [2.05, 4.69) is 10.6 Å². The molecule has 2 rings (SSSR count). The predicted molar refractivity (Wildman–Crippen MR) is 68.9 cm³/mol. The number of hydrogen-bond acceptors (Lipinski definition) is 2. The summed E-state index contributed by atoms with van der Waals surface area (Å²) in [6.07, 6.45) is 2.73. The second kappa shape index (κ2) is 5.82. The SMILES string of the molecule is Cc1ccccc1CC(=O)N[C@@H]1CCCNC1. The Bertz CT molecular complexity index is 384. The summed E-state index contributed by atoms with van der Waals surface area (Å²) in [5, 5.41) is 6.39. The van der Waals surface area contributed by atoms with Crippen LogP contribution in [-0.4, -0.2) is 25.0 Å². The number of aryl methyl sites for hydroxylation is 1. The van der Waals surface area contributed by atoms with Gasteiger partial charge in [0.2, 0.25) is 5.91 Å². The van der Waals surface area contributed by atoms with Crippen molar-refractivity contribution in [3.05, 3.63) is 35.4 Å². The molecular weight excluding hydrogens is 212 g/mol. The van der Waals surface area contributed by atoms with Gasteiger partial charge < -0.3 is 10.6 Å². The van der Waals surface area contributed by atoms with Gasteiger partial charge in [-0.15, -0.1) is 0 Å². The molecule has 0 bridgehead atoms. The molecule has 92 valence electrons. The Morgan fingerprint density at radius 2 is 2.29 bits per heavy atom. The van der Waals surface area contributed by atoms with E-state index < -0.39 is 0 Å². The van der Waals surface area contributed by atoms with Crippen LogP contribution in [0.3, 0.4) is 0 Å². The molecule has 1 atom stereocenters. The van der Waals surface area contributed by atoms with Gasteiger partial charge in [-0.1, -0.05) is 24.3 Å². The maximum atomic E-state index is 11.9. The summed E-state index contributed by atoms with van der Waals surface area (Å²) in [7, 11) is 0. The maximum Gasteiger partial charge on any atom is 0.224 e. The van der Waals surface area contributed by atoms with Crippen LogP contribution in [0.1, 0.15) is 24.0 Å². The van der Waals surface area contributed by atoms with Crippen LogP contribution in [0.25, 0.3) is 0 Å². The Labute approximate surface area is 103 Å². The molecule has 2 N–H and O–H groups in total. The van der Waals surface area contributed by atoms with Crippen LogP contribution < -0.4 is 10.6 Å². The fraction of sp³-hybridized carbons (Fsp3) is 0.500. The summed E-state index contributed by atoms with van der Waals surface area (Å²) in [5.41, 5.74) is 2.30. The zero-order chi connectivity index (χ0) is 12.1. The van der Waals surface area contributed by atoms with Crippen molar-refractivity contribution in [3.8, 4) is 0 Å². The highest BCUT2D eigenvalue weighted by atomic mass is 16.1. The average Bonchev–Trinajstić information content (AvgIpc) is 2.33. The summed E-state index contributed by atoms with van der Waals surface area (Å²) in [6.45, 7) is 4.02. The summed E-state index contributed by atoms with van der Waals surface area (Å²) in [6, 6.07) is 8.36. The van der Waals surface area contributed by atoms with E-state index in [4.69, 9.17) is 0 Å². The molecular formula is C14H20N2O. The van der Waals surface area contributed by atoms with Gasteiger partial charge in [0.25, 0.3) is 0 Å². The number of nitrogens with one attached hydrogen (secondary N) is 2. The van der Waals surface area contributed by atoms with Crippen LogP contribution in [0.15, 0.2) is 24.3 Å². The molecule has 3 nitrogen and oxygen atoms in total. The third kappa shape index (κ3) is 3.56. The molecule has 17 heavy (non-hydrogen) atoms. The lowest BCUT2D eigenvalue weighted by molar-refractivity contribution is -0.121. The Morgan fingerprint density at radius 3 is 3.00 bits per heavy atom. The molecule has 1 heterocycles. The number of amides is 1. The van der Waals surface area contributed by atoms with Gasteiger partial charge in [0.15, 0.2) is 0 Å². The lowest BCUT2D eigenvalue weighted by atomic mass is 10.0. The number of carbonyl (C=O) groups is 1. The second-order valence-corrected chi connectivity index (χ2v) is 4.71. The van der Waals surface area contributed by atoms with E-state index in [1.54, 1.807) is 0 Å². The van der Waals surface area contributed by atoms with Crippen molar-refractivity contribution < 1.29 is 4.79 Å². The lowest BCUT2D eigenvalue weighted by Gasteiger charge is -2.23. The third-order valence-corrected chi connectivity index (χ3v) is 3.27. The molecule has 0 aliphatic carbocycles. The van der Waals surface area contributed by atoms with Crippen molar-refractivity contribution in [2.45, 2.75) is 32.2 Å². The van der Waals surface area contributed by atoms with Crippen LogP contribution in [0.2, 0.25) is 0 Å². The molecule has 0 aromatic heterocycles. The van der Waals surface area contributed by atoms with E-state index >= 15 is 0 Å². The predicted octanol–water partition coefficient (Wildman–Crippen LogP) is 1.41. The Morgan fingerprint density at radius 1 is 1.47 bits per heavy atom. The fourth-order valence-corrected chi connectivity index (χ4v) is 2.24. The molecule has 1 fully saturated rings. The van der Waals surface area contributed by atoms with Crippen molar-refractivity contribution >= 4 is 5.91 Å². The van der Waals surface area contributed by atoms with Crippen LogP contribution in [-0.2, 0) is 11.2 Å². The number of hydrogen-bond donors (Lipinski definition) is 2. The minimum atomic E-state index is 0.132. The highest BCUT2D eigenvalue weighted by molar-refractivity contribution is 5.79. The summed E-state index contributed by atoms with van der Waals surface area (Å²) >= 11 is 0. The quantitative estimate of drug-likeness (QED) is 0.827. The molecule has 3 heteroatoms. The van der Waals surface area contributed by atoms with Crippen LogP contribution >= 0.6 is 0 Å². The Balaban J connectivity index is 1.86. The number of rotatable bonds is 3. The van der Waals surface area contributed by atoms with Crippen LogP contribution in [0.4, 0.5) is 0 Å². The maximum absolute atomic E-state index is 11.9. The van der Waals surface area contributed by atoms with Crippen LogP contribution in [0, 0.1) is 6.92 Å². The second-order valence-electron chi connectivity index (χ2n) is 4.71. The van der Waals surface area contributed by atoms with E-state index in [0.717, 1.165) is 31.5 Å². The van der Waals surface area contributed by atoms with Gasteiger partial charge in [0.05, 0.1) is 6.42 Å². The van der Waals surface area contributed by atoms with Crippen molar-refractivity contribution in [2.24, 2.45) is 0 Å². The molecule has 0 saturated carbocycles. The molecule has 0 radical (unpaired) electrons. The Kier molecular flexibility index (Phi) is 4.15. The van der Waals surface area contributed by atoms with Gasteiger partial charge in [0.1, 0.15) is 0 Å². The van der Waals surface area contributed by atoms with Gasteiger partial charge in [-0.25, -0.2) is 0 Å². The first-order valence-corrected chi connectivity index (χ1v) is 6.30. The van der Waals surface area contributed by atoms with E-state index in [0.29, 0.717) is 12.5 Å². The van der Waals surface area contributed by atoms with E-state index in [-0.39, 0.29) is 5.91 Å². The first-order valence-electron chi connectivity index (χ1n) is 6.30. The minimum Gasteiger partial charge on any atom is -0.352 e. The number of carbonyl (C=O) groups excluding carboxylic acids is 1. The molecule has 1 aliphatic heterocycles. The zero-order valence-corrected chi connectivity index (χ0v) is 10.3. The molecule has 1 amide bonds. The Hall–Kier alpha value is -1.35. The average molecular weight is 232 g/mol. The third-order valence-electron chi connectivity index (χ3n) is 3.27. The highest BCUT2D eigenvalue weighted by Gasteiger charge is 2.15. The van der Waals surface area contributed by atoms with Gasteiger partial charge in [-0.2, -0.15) is 0 Å². The standard InChI is InChI=1S/C14H20N2O/c1-11-5-2-3-6-12(11)9-14(17)16-13-7-4-8-15-10-13/h2-3,5-6,13,15H,4,7-10H2,1H3,(H,16,17)/t13-/m1/s1. The molecule has 1 aliphatic rings. The van der Waals surface area contributed by atoms with Gasteiger partial charge >= 0.3 is 0 Å². The topological polar surface area (TPSA) is 41.1 Å². The summed E-state index contributed by atoms with van der Waals surface area (Å²) < 4.78 is 0. The van der Waals surface area contributed by atoms with Gasteiger partial charge in [0, 0.05) is 12.6 Å². The fourth-order valence-electron chi connectivity index (χ4n) is 2.24. The molecule has 0 unspecified atom stereocenters. The van der Waals surface area contributed by atoms with E-state index in [1.165, 1.54) is 5.56 Å². The largest absolute Gasteiger partial charge is 0.352 e. The molecule has 1 aromatic carbocycles. The first kappa shape index (κ1) is 12.1. The number of benzene rings is 1. The summed E-state index contributed by atoms with van der Waals surface area (Å²) in [5.74, 6) is 0.132. The van der Waals surface area contributed by atoms with Crippen LogP contribution in [0.5, 0.6) is 0 Å². The number of piperidine rings is 1. The smallest absolute Gasteiger partial charge is 0.224 e.